The van der Waals surface area contributed by atoms with Crippen LogP contribution in [0.1, 0.15) is 27.9 Å². The summed E-state index contributed by atoms with van der Waals surface area (Å²) in [6.07, 6.45) is 3.47. The number of primary amides is 1. The van der Waals surface area contributed by atoms with Crippen LogP contribution in [0, 0.1) is 6.92 Å². The van der Waals surface area contributed by atoms with E-state index in [1.165, 1.54) is 7.11 Å². The Bertz CT molecular complexity index is 464. The zero-order valence-electron chi connectivity index (χ0n) is 9.90. The van der Waals surface area contributed by atoms with Crippen LogP contribution < -0.4 is 5.73 Å². The molecule has 1 rings (SSSR count). The Hall–Kier alpha value is -2.10. The number of benzene rings is 1. The molecule has 0 heterocycles. The summed E-state index contributed by atoms with van der Waals surface area (Å²) in [6.45, 7) is 1.92. The number of rotatable bonds is 4. The van der Waals surface area contributed by atoms with Gasteiger partial charge in [-0.15, -0.1) is 0 Å². The van der Waals surface area contributed by atoms with E-state index >= 15 is 0 Å². The lowest BCUT2D eigenvalue weighted by Gasteiger charge is -2.05. The molecular weight excluding hydrogens is 218 g/mol. The van der Waals surface area contributed by atoms with Crippen molar-refractivity contribution in [2.45, 2.75) is 13.3 Å². The Balaban J connectivity index is 3.03. The van der Waals surface area contributed by atoms with E-state index in [4.69, 9.17) is 5.73 Å². The predicted octanol–water partition coefficient (Wildman–Crippen LogP) is 1.67. The van der Waals surface area contributed by atoms with Gasteiger partial charge in [0.05, 0.1) is 12.7 Å². The molecule has 0 spiro atoms. The maximum atomic E-state index is 11.5. The van der Waals surface area contributed by atoms with Crippen LogP contribution in [0.5, 0.6) is 0 Å². The summed E-state index contributed by atoms with van der Waals surface area (Å²) in [5, 5.41) is 0. The van der Waals surface area contributed by atoms with E-state index in [1.54, 1.807) is 18.2 Å². The van der Waals surface area contributed by atoms with Gasteiger partial charge in [-0.3, -0.25) is 4.79 Å². The van der Waals surface area contributed by atoms with Gasteiger partial charge in [0, 0.05) is 6.42 Å². The summed E-state index contributed by atoms with van der Waals surface area (Å²) < 4.78 is 4.68. The molecule has 17 heavy (non-hydrogen) atoms. The van der Waals surface area contributed by atoms with Crippen molar-refractivity contribution in [2.24, 2.45) is 5.73 Å². The second-order valence-corrected chi connectivity index (χ2v) is 3.66. The van der Waals surface area contributed by atoms with Crippen LogP contribution in [-0.2, 0) is 9.53 Å². The van der Waals surface area contributed by atoms with Gasteiger partial charge in [0.15, 0.2) is 0 Å². The van der Waals surface area contributed by atoms with E-state index in [9.17, 15) is 9.59 Å². The lowest BCUT2D eigenvalue weighted by molar-refractivity contribution is -0.117. The average Bonchev–Trinajstić information content (AvgIpc) is 2.28. The summed E-state index contributed by atoms with van der Waals surface area (Å²) in [4.78, 5) is 22.1. The lowest BCUT2D eigenvalue weighted by Crippen LogP contribution is -2.08. The molecule has 0 saturated carbocycles. The molecule has 0 unspecified atom stereocenters. The number of nitrogens with two attached hydrogens (primary N) is 1. The molecule has 2 N–H and O–H groups in total. The van der Waals surface area contributed by atoms with Crippen molar-refractivity contribution in [3.8, 4) is 0 Å². The molecule has 0 saturated heterocycles. The van der Waals surface area contributed by atoms with Crippen molar-refractivity contribution in [3.05, 3.63) is 41.0 Å². The highest BCUT2D eigenvalue weighted by molar-refractivity contribution is 5.93. The molecule has 0 atom stereocenters. The van der Waals surface area contributed by atoms with Gasteiger partial charge in [0.25, 0.3) is 0 Å². The maximum Gasteiger partial charge on any atom is 0.338 e. The number of methoxy groups -OCH3 is 1. The van der Waals surface area contributed by atoms with Gasteiger partial charge in [-0.25, -0.2) is 4.79 Å². The minimum Gasteiger partial charge on any atom is -0.465 e. The van der Waals surface area contributed by atoms with Crippen LogP contribution in [0.25, 0.3) is 6.08 Å². The van der Waals surface area contributed by atoms with Gasteiger partial charge >= 0.3 is 5.97 Å². The third-order valence-electron chi connectivity index (χ3n) is 2.23. The number of esters is 1. The number of carbonyl (C=O) groups is 2. The van der Waals surface area contributed by atoms with Crippen LogP contribution >= 0.6 is 0 Å². The Morgan fingerprint density at radius 2 is 2.12 bits per heavy atom. The molecule has 90 valence electrons. The van der Waals surface area contributed by atoms with Gasteiger partial charge < -0.3 is 10.5 Å². The van der Waals surface area contributed by atoms with Crippen molar-refractivity contribution in [1.29, 1.82) is 0 Å². The molecule has 0 aliphatic carbocycles. The summed E-state index contributed by atoms with van der Waals surface area (Å²) >= 11 is 0. The molecule has 1 aromatic carbocycles. The fourth-order valence-electron chi connectivity index (χ4n) is 1.42. The van der Waals surface area contributed by atoms with Crippen molar-refractivity contribution in [1.82, 2.24) is 0 Å². The van der Waals surface area contributed by atoms with Gasteiger partial charge in [-0.05, 0) is 18.6 Å². The van der Waals surface area contributed by atoms with Crippen LogP contribution in [0.4, 0.5) is 0 Å². The van der Waals surface area contributed by atoms with Crippen molar-refractivity contribution >= 4 is 18.0 Å². The molecule has 0 aromatic heterocycles. The second kappa shape index (κ2) is 5.84. The number of amides is 1. The average molecular weight is 233 g/mol. The predicted molar refractivity (Wildman–Crippen MR) is 65.4 cm³/mol. The smallest absolute Gasteiger partial charge is 0.338 e. The SMILES string of the molecule is COC(=O)c1ccc(C)cc1C=CCC(N)=O. The first kappa shape index (κ1) is 13.0. The van der Waals surface area contributed by atoms with Gasteiger partial charge in [-0.2, -0.15) is 0 Å². The summed E-state index contributed by atoms with van der Waals surface area (Å²) in [7, 11) is 1.33. The van der Waals surface area contributed by atoms with Gasteiger partial charge in [0.2, 0.25) is 5.91 Å². The normalized spacial score (nSPS) is 10.5. The third kappa shape index (κ3) is 3.75. The van der Waals surface area contributed by atoms with E-state index in [-0.39, 0.29) is 6.42 Å². The molecular formula is C13H15NO3. The fraction of sp³-hybridized carbons (Fsp3) is 0.231. The number of carbonyl (C=O) groups excluding carboxylic acids is 2. The van der Waals surface area contributed by atoms with E-state index in [0.29, 0.717) is 5.56 Å². The van der Waals surface area contributed by atoms with Crippen LogP contribution in [0.2, 0.25) is 0 Å². The number of aryl methyl sites for hydroxylation is 1. The van der Waals surface area contributed by atoms with E-state index < -0.39 is 11.9 Å². The largest absolute Gasteiger partial charge is 0.465 e. The van der Waals surface area contributed by atoms with Gasteiger partial charge in [0.1, 0.15) is 0 Å². The van der Waals surface area contributed by atoms with E-state index in [2.05, 4.69) is 4.74 Å². The van der Waals surface area contributed by atoms with E-state index in [0.717, 1.165) is 11.1 Å². The Morgan fingerprint density at radius 1 is 1.41 bits per heavy atom. The molecule has 0 radical (unpaired) electrons. The highest BCUT2D eigenvalue weighted by Crippen LogP contribution is 2.15. The highest BCUT2D eigenvalue weighted by Gasteiger charge is 2.09. The molecule has 1 aromatic rings. The standard InChI is InChI=1S/C13H15NO3/c1-9-6-7-11(13(16)17-2)10(8-9)4-3-5-12(14)15/h3-4,6-8H,5H2,1-2H3,(H2,14,15). The van der Waals surface area contributed by atoms with E-state index in [1.807, 2.05) is 19.1 Å². The Morgan fingerprint density at radius 3 is 2.71 bits per heavy atom. The van der Waals surface area contributed by atoms with Crippen LogP contribution in [0.3, 0.4) is 0 Å². The molecule has 4 heteroatoms. The first-order chi connectivity index (χ1) is 8.04. The first-order valence-electron chi connectivity index (χ1n) is 5.18. The van der Waals surface area contributed by atoms with Crippen molar-refractivity contribution in [2.75, 3.05) is 7.11 Å². The molecule has 4 nitrogen and oxygen atoms in total. The molecule has 0 bridgehead atoms. The monoisotopic (exact) mass is 233 g/mol. The molecule has 0 aliphatic rings. The fourth-order valence-corrected chi connectivity index (χ4v) is 1.42. The topological polar surface area (TPSA) is 69.4 Å². The summed E-state index contributed by atoms with van der Waals surface area (Å²) in [5.41, 5.74) is 7.24. The molecule has 0 fully saturated rings. The van der Waals surface area contributed by atoms with Crippen molar-refractivity contribution in [3.63, 3.8) is 0 Å². The second-order valence-electron chi connectivity index (χ2n) is 3.66. The zero-order chi connectivity index (χ0) is 12.8. The quantitative estimate of drug-likeness (QED) is 0.804. The first-order valence-corrected chi connectivity index (χ1v) is 5.18. The summed E-state index contributed by atoms with van der Waals surface area (Å²) in [5.74, 6) is -0.808. The molecule has 0 aliphatic heterocycles. The lowest BCUT2D eigenvalue weighted by atomic mass is 10.0. The minimum absolute atomic E-state index is 0.147. The third-order valence-corrected chi connectivity index (χ3v) is 2.23. The number of hydrogen-bond acceptors (Lipinski definition) is 3. The number of ether oxygens (including phenoxy) is 1. The van der Waals surface area contributed by atoms with Crippen molar-refractivity contribution < 1.29 is 14.3 Å². The minimum atomic E-state index is -0.409. The Labute approximate surface area is 100 Å². The number of hydrogen-bond donors (Lipinski definition) is 1. The zero-order valence-corrected chi connectivity index (χ0v) is 9.90. The molecule has 1 amide bonds. The van der Waals surface area contributed by atoms with Gasteiger partial charge in [-0.1, -0.05) is 29.8 Å². The summed E-state index contributed by atoms with van der Waals surface area (Å²) in [6, 6.07) is 5.38. The highest BCUT2D eigenvalue weighted by atomic mass is 16.5. The van der Waals surface area contributed by atoms with Crippen LogP contribution in [0.15, 0.2) is 24.3 Å². The maximum absolute atomic E-state index is 11.5. The Kier molecular flexibility index (Phi) is 4.46. The van der Waals surface area contributed by atoms with Crippen LogP contribution in [-0.4, -0.2) is 19.0 Å².